The molecule has 114 valence electrons. The molecule has 2 amide bonds. The second kappa shape index (κ2) is 7.22. The first-order valence-electron chi connectivity index (χ1n) is 7.55. The Morgan fingerprint density at radius 3 is 2.62 bits per heavy atom. The van der Waals surface area contributed by atoms with Gasteiger partial charge in [0.25, 0.3) is 5.91 Å². The van der Waals surface area contributed by atoms with Crippen molar-refractivity contribution in [2.75, 3.05) is 11.9 Å². The van der Waals surface area contributed by atoms with E-state index in [1.807, 2.05) is 6.92 Å². The summed E-state index contributed by atoms with van der Waals surface area (Å²) in [5.74, 6) is -0.0786. The number of hydrogen-bond acceptors (Lipinski definition) is 3. The van der Waals surface area contributed by atoms with E-state index in [9.17, 15) is 9.59 Å². The monoisotopic (exact) mass is 289 g/mol. The molecule has 1 aromatic rings. The van der Waals surface area contributed by atoms with Crippen LogP contribution < -0.4 is 16.4 Å². The molecule has 0 aliphatic heterocycles. The summed E-state index contributed by atoms with van der Waals surface area (Å²) in [6.45, 7) is 2.45. The molecule has 2 rings (SSSR count). The second-order valence-electron chi connectivity index (χ2n) is 5.54. The summed E-state index contributed by atoms with van der Waals surface area (Å²) in [4.78, 5) is 24.0. The van der Waals surface area contributed by atoms with Gasteiger partial charge < -0.3 is 16.4 Å². The lowest BCUT2D eigenvalue weighted by molar-refractivity contribution is -0.120. The number of rotatable bonds is 4. The van der Waals surface area contributed by atoms with Crippen molar-refractivity contribution in [2.24, 2.45) is 11.7 Å². The summed E-state index contributed by atoms with van der Waals surface area (Å²) >= 11 is 0. The number of nitrogens with one attached hydrogen (secondary N) is 2. The Hall–Kier alpha value is -1.88. The minimum Gasteiger partial charge on any atom is -0.352 e. The van der Waals surface area contributed by atoms with Crippen LogP contribution in [0.2, 0.25) is 0 Å². The van der Waals surface area contributed by atoms with Crippen LogP contribution in [0.25, 0.3) is 0 Å². The van der Waals surface area contributed by atoms with Crippen LogP contribution >= 0.6 is 0 Å². The van der Waals surface area contributed by atoms with Crippen LogP contribution in [0.1, 0.15) is 43.0 Å². The molecule has 1 aromatic carbocycles. The van der Waals surface area contributed by atoms with E-state index in [0.717, 1.165) is 25.7 Å². The Morgan fingerprint density at radius 1 is 1.24 bits per heavy atom. The highest BCUT2D eigenvalue weighted by atomic mass is 16.2. The Labute approximate surface area is 125 Å². The van der Waals surface area contributed by atoms with Crippen LogP contribution in [-0.4, -0.2) is 24.4 Å². The molecule has 0 spiro atoms. The maximum absolute atomic E-state index is 12.2. The van der Waals surface area contributed by atoms with Crippen LogP contribution in [0.4, 0.5) is 5.69 Å². The zero-order valence-electron chi connectivity index (χ0n) is 12.4. The van der Waals surface area contributed by atoms with E-state index in [1.54, 1.807) is 24.3 Å². The molecule has 1 aliphatic carbocycles. The van der Waals surface area contributed by atoms with E-state index in [-0.39, 0.29) is 23.8 Å². The van der Waals surface area contributed by atoms with Crippen molar-refractivity contribution in [1.82, 2.24) is 5.32 Å². The fourth-order valence-electron chi connectivity index (χ4n) is 2.63. The van der Waals surface area contributed by atoms with Crippen molar-refractivity contribution in [3.8, 4) is 0 Å². The van der Waals surface area contributed by atoms with Gasteiger partial charge in [-0.1, -0.05) is 6.07 Å². The van der Waals surface area contributed by atoms with Gasteiger partial charge in [-0.15, -0.1) is 0 Å². The van der Waals surface area contributed by atoms with Gasteiger partial charge in [0, 0.05) is 29.8 Å². The summed E-state index contributed by atoms with van der Waals surface area (Å²) in [6, 6.07) is 7.25. The number of carbonyl (C=O) groups excluding carboxylic acids is 2. The second-order valence-corrected chi connectivity index (χ2v) is 5.54. The van der Waals surface area contributed by atoms with Gasteiger partial charge >= 0.3 is 0 Å². The summed E-state index contributed by atoms with van der Waals surface area (Å²) in [7, 11) is 0. The van der Waals surface area contributed by atoms with E-state index in [4.69, 9.17) is 5.73 Å². The Bertz CT molecular complexity index is 508. The first-order chi connectivity index (χ1) is 10.1. The molecular weight excluding hydrogens is 266 g/mol. The number of carbonyl (C=O) groups is 2. The van der Waals surface area contributed by atoms with E-state index >= 15 is 0 Å². The third-order valence-corrected chi connectivity index (χ3v) is 3.87. The SMILES string of the molecule is CCNC(=O)c1cccc(NC(=O)C2CCC(N)CC2)c1. The van der Waals surface area contributed by atoms with Crippen molar-refractivity contribution in [3.63, 3.8) is 0 Å². The Balaban J connectivity index is 1.97. The van der Waals surface area contributed by atoms with E-state index in [1.165, 1.54) is 0 Å². The van der Waals surface area contributed by atoms with Crippen LogP contribution in [0.15, 0.2) is 24.3 Å². The summed E-state index contributed by atoms with van der Waals surface area (Å²) in [5, 5.41) is 5.65. The number of anilines is 1. The smallest absolute Gasteiger partial charge is 0.251 e. The summed E-state index contributed by atoms with van der Waals surface area (Å²) < 4.78 is 0. The van der Waals surface area contributed by atoms with Crippen LogP contribution in [0, 0.1) is 5.92 Å². The first kappa shape index (κ1) is 15.5. The van der Waals surface area contributed by atoms with Crippen molar-refractivity contribution in [1.29, 1.82) is 0 Å². The molecule has 0 bridgehead atoms. The maximum atomic E-state index is 12.2. The molecule has 5 heteroatoms. The molecule has 0 saturated heterocycles. The molecule has 0 heterocycles. The maximum Gasteiger partial charge on any atom is 0.251 e. The normalized spacial score (nSPS) is 21.6. The van der Waals surface area contributed by atoms with Gasteiger partial charge in [-0.2, -0.15) is 0 Å². The molecule has 21 heavy (non-hydrogen) atoms. The van der Waals surface area contributed by atoms with E-state index in [0.29, 0.717) is 17.8 Å². The largest absolute Gasteiger partial charge is 0.352 e. The van der Waals surface area contributed by atoms with Crippen molar-refractivity contribution in [2.45, 2.75) is 38.6 Å². The number of hydrogen-bond donors (Lipinski definition) is 3. The quantitative estimate of drug-likeness (QED) is 0.791. The highest BCUT2D eigenvalue weighted by Gasteiger charge is 2.24. The van der Waals surface area contributed by atoms with Crippen molar-refractivity contribution in [3.05, 3.63) is 29.8 Å². The molecule has 4 N–H and O–H groups in total. The molecule has 0 aromatic heterocycles. The van der Waals surface area contributed by atoms with E-state index < -0.39 is 0 Å². The van der Waals surface area contributed by atoms with Crippen LogP contribution in [0.3, 0.4) is 0 Å². The molecule has 1 saturated carbocycles. The number of amides is 2. The molecule has 0 unspecified atom stereocenters. The third-order valence-electron chi connectivity index (χ3n) is 3.87. The van der Waals surface area contributed by atoms with E-state index in [2.05, 4.69) is 10.6 Å². The lowest BCUT2D eigenvalue weighted by Crippen LogP contribution is -2.32. The molecule has 0 atom stereocenters. The molecular formula is C16H23N3O2. The first-order valence-corrected chi connectivity index (χ1v) is 7.55. The summed E-state index contributed by atoms with van der Waals surface area (Å²) in [6.07, 6.45) is 3.47. The fraction of sp³-hybridized carbons (Fsp3) is 0.500. The lowest BCUT2D eigenvalue weighted by Gasteiger charge is -2.25. The number of nitrogens with two attached hydrogens (primary N) is 1. The molecule has 0 radical (unpaired) electrons. The average molecular weight is 289 g/mol. The van der Waals surface area contributed by atoms with Gasteiger partial charge in [0.15, 0.2) is 0 Å². The fourth-order valence-corrected chi connectivity index (χ4v) is 2.63. The van der Waals surface area contributed by atoms with Gasteiger partial charge in [0.1, 0.15) is 0 Å². The Morgan fingerprint density at radius 2 is 1.95 bits per heavy atom. The van der Waals surface area contributed by atoms with Crippen molar-refractivity contribution < 1.29 is 9.59 Å². The van der Waals surface area contributed by atoms with Gasteiger partial charge in [-0.25, -0.2) is 0 Å². The zero-order valence-corrected chi connectivity index (χ0v) is 12.4. The van der Waals surface area contributed by atoms with Gasteiger partial charge in [0.2, 0.25) is 5.91 Å². The predicted octanol–water partition coefficient (Wildman–Crippen LogP) is 1.89. The Kier molecular flexibility index (Phi) is 5.33. The highest BCUT2D eigenvalue weighted by Crippen LogP contribution is 2.24. The minimum absolute atomic E-state index is 0.0231. The van der Waals surface area contributed by atoms with Gasteiger partial charge in [0.05, 0.1) is 0 Å². The number of benzene rings is 1. The zero-order chi connectivity index (χ0) is 15.2. The van der Waals surface area contributed by atoms with Gasteiger partial charge in [-0.3, -0.25) is 9.59 Å². The highest BCUT2D eigenvalue weighted by molar-refractivity contribution is 5.97. The molecule has 5 nitrogen and oxygen atoms in total. The molecule has 1 fully saturated rings. The van der Waals surface area contributed by atoms with Crippen molar-refractivity contribution >= 4 is 17.5 Å². The average Bonchev–Trinajstić information content (AvgIpc) is 2.48. The molecule has 1 aliphatic rings. The lowest BCUT2D eigenvalue weighted by atomic mass is 9.86. The van der Waals surface area contributed by atoms with Crippen LogP contribution in [-0.2, 0) is 4.79 Å². The minimum atomic E-state index is -0.128. The topological polar surface area (TPSA) is 84.2 Å². The predicted molar refractivity (Wildman–Crippen MR) is 83.0 cm³/mol. The standard InChI is InChI=1S/C16H23N3O2/c1-2-18-15(20)12-4-3-5-14(10-12)19-16(21)11-6-8-13(17)9-7-11/h3-5,10-11,13H,2,6-9,17H2,1H3,(H,18,20)(H,19,21). The summed E-state index contributed by atoms with van der Waals surface area (Å²) in [5.41, 5.74) is 7.08. The third kappa shape index (κ3) is 4.29. The van der Waals surface area contributed by atoms with Crippen LogP contribution in [0.5, 0.6) is 0 Å². The van der Waals surface area contributed by atoms with Gasteiger partial charge in [-0.05, 0) is 50.8 Å².